The quantitative estimate of drug-likeness (QED) is 0.812. The molecule has 1 aromatic heterocycles. The molecule has 1 heterocycles. The minimum Gasteiger partial charge on any atom is -0.307 e. The molecule has 0 fully saturated rings. The zero-order chi connectivity index (χ0) is 13.8. The fraction of sp³-hybridized carbons (Fsp3) is 0.333. The van der Waals surface area contributed by atoms with Crippen LogP contribution in [0.2, 0.25) is 0 Å². The average molecular weight is 342 g/mol. The van der Waals surface area contributed by atoms with Crippen molar-refractivity contribution in [2.75, 3.05) is 0 Å². The standard InChI is InChI=1S/C15H17BrFNS/c1-10(7-12-5-6-19-9-12)18-11(2)13-3-4-15(17)14(16)8-13/h3-6,8-11,18H,7H2,1-2H3. The molecule has 2 aromatic rings. The Morgan fingerprint density at radius 2 is 2.11 bits per heavy atom. The van der Waals surface area contributed by atoms with E-state index in [9.17, 15) is 4.39 Å². The lowest BCUT2D eigenvalue weighted by molar-refractivity contribution is 0.476. The van der Waals surface area contributed by atoms with Crippen molar-refractivity contribution in [3.8, 4) is 0 Å². The fourth-order valence-corrected chi connectivity index (χ4v) is 3.20. The summed E-state index contributed by atoms with van der Waals surface area (Å²) in [5.74, 6) is -0.220. The molecule has 2 atom stereocenters. The van der Waals surface area contributed by atoms with Crippen molar-refractivity contribution in [3.05, 3.63) is 56.4 Å². The van der Waals surface area contributed by atoms with Crippen LogP contribution in [-0.4, -0.2) is 6.04 Å². The zero-order valence-electron chi connectivity index (χ0n) is 11.0. The van der Waals surface area contributed by atoms with Crippen LogP contribution in [0.5, 0.6) is 0 Å². The first-order valence-corrected chi connectivity index (χ1v) is 8.02. The number of benzene rings is 1. The molecular formula is C15H17BrFNS. The summed E-state index contributed by atoms with van der Waals surface area (Å²) in [6, 6.07) is 7.90. The van der Waals surface area contributed by atoms with Crippen molar-refractivity contribution in [1.82, 2.24) is 5.32 Å². The number of halogens is 2. The lowest BCUT2D eigenvalue weighted by Crippen LogP contribution is -2.30. The van der Waals surface area contributed by atoms with Crippen LogP contribution in [0.4, 0.5) is 4.39 Å². The van der Waals surface area contributed by atoms with Crippen molar-refractivity contribution in [2.45, 2.75) is 32.4 Å². The second kappa shape index (κ2) is 6.64. The summed E-state index contributed by atoms with van der Waals surface area (Å²) in [6.07, 6.45) is 1.01. The molecule has 0 aliphatic carbocycles. The number of nitrogens with one attached hydrogen (secondary N) is 1. The van der Waals surface area contributed by atoms with Crippen molar-refractivity contribution < 1.29 is 4.39 Å². The highest BCUT2D eigenvalue weighted by molar-refractivity contribution is 9.10. The van der Waals surface area contributed by atoms with Crippen LogP contribution >= 0.6 is 27.3 Å². The first-order valence-electron chi connectivity index (χ1n) is 6.28. The molecule has 0 saturated heterocycles. The third-order valence-electron chi connectivity index (χ3n) is 3.10. The van der Waals surface area contributed by atoms with Crippen molar-refractivity contribution in [1.29, 1.82) is 0 Å². The smallest absolute Gasteiger partial charge is 0.137 e. The van der Waals surface area contributed by atoms with Gasteiger partial charge in [0, 0.05) is 12.1 Å². The van der Waals surface area contributed by atoms with Gasteiger partial charge in [-0.1, -0.05) is 6.07 Å². The molecule has 102 valence electrons. The van der Waals surface area contributed by atoms with E-state index < -0.39 is 0 Å². The number of hydrogen-bond acceptors (Lipinski definition) is 2. The summed E-state index contributed by atoms with van der Waals surface area (Å²) < 4.78 is 13.7. The molecule has 1 aromatic carbocycles. The van der Waals surface area contributed by atoms with E-state index in [1.165, 1.54) is 11.6 Å². The predicted octanol–water partition coefficient (Wildman–Crippen LogP) is 4.93. The van der Waals surface area contributed by atoms with Gasteiger partial charge in [0.05, 0.1) is 4.47 Å². The summed E-state index contributed by atoms with van der Waals surface area (Å²) in [5, 5.41) is 7.82. The monoisotopic (exact) mass is 341 g/mol. The van der Waals surface area contributed by atoms with Gasteiger partial charge in [-0.25, -0.2) is 4.39 Å². The minimum atomic E-state index is -0.220. The van der Waals surface area contributed by atoms with Crippen LogP contribution in [-0.2, 0) is 6.42 Å². The molecule has 0 aliphatic heterocycles. The Balaban J connectivity index is 1.96. The number of thiophene rings is 1. The molecule has 0 amide bonds. The largest absolute Gasteiger partial charge is 0.307 e. The van der Waals surface area contributed by atoms with Gasteiger partial charge in [0.15, 0.2) is 0 Å². The van der Waals surface area contributed by atoms with E-state index in [0.29, 0.717) is 10.5 Å². The Kier molecular flexibility index (Phi) is 5.13. The van der Waals surface area contributed by atoms with Crippen LogP contribution in [0.3, 0.4) is 0 Å². The zero-order valence-corrected chi connectivity index (χ0v) is 13.4. The Bertz CT molecular complexity index is 527. The average Bonchev–Trinajstić information content (AvgIpc) is 2.85. The van der Waals surface area contributed by atoms with Crippen LogP contribution in [0.1, 0.15) is 31.0 Å². The van der Waals surface area contributed by atoms with Gasteiger partial charge in [0.2, 0.25) is 0 Å². The van der Waals surface area contributed by atoms with Crippen LogP contribution in [0.15, 0.2) is 39.5 Å². The van der Waals surface area contributed by atoms with Crippen LogP contribution < -0.4 is 5.32 Å². The van der Waals surface area contributed by atoms with Gasteiger partial charge in [-0.15, -0.1) is 0 Å². The lowest BCUT2D eigenvalue weighted by Gasteiger charge is -2.20. The maximum Gasteiger partial charge on any atom is 0.137 e. The van der Waals surface area contributed by atoms with E-state index in [1.54, 1.807) is 11.3 Å². The first-order chi connectivity index (χ1) is 9.06. The van der Waals surface area contributed by atoms with Gasteiger partial charge in [-0.2, -0.15) is 11.3 Å². The highest BCUT2D eigenvalue weighted by Gasteiger charge is 2.11. The SMILES string of the molecule is CC(Cc1ccsc1)NC(C)c1ccc(F)c(Br)c1. The Labute approximate surface area is 126 Å². The summed E-state index contributed by atoms with van der Waals surface area (Å²) in [7, 11) is 0. The van der Waals surface area contributed by atoms with Crippen molar-refractivity contribution in [2.24, 2.45) is 0 Å². The minimum absolute atomic E-state index is 0.200. The highest BCUT2D eigenvalue weighted by Crippen LogP contribution is 2.22. The molecule has 1 N–H and O–H groups in total. The molecule has 0 aliphatic rings. The topological polar surface area (TPSA) is 12.0 Å². The van der Waals surface area contributed by atoms with E-state index in [4.69, 9.17) is 0 Å². The molecule has 2 rings (SSSR count). The maximum absolute atomic E-state index is 13.2. The third kappa shape index (κ3) is 4.13. The fourth-order valence-electron chi connectivity index (χ4n) is 2.13. The second-order valence-electron chi connectivity index (χ2n) is 4.80. The Morgan fingerprint density at radius 3 is 2.74 bits per heavy atom. The number of hydrogen-bond donors (Lipinski definition) is 1. The maximum atomic E-state index is 13.2. The molecular weight excluding hydrogens is 325 g/mol. The lowest BCUT2D eigenvalue weighted by atomic mass is 10.1. The molecule has 19 heavy (non-hydrogen) atoms. The molecule has 4 heteroatoms. The van der Waals surface area contributed by atoms with Gasteiger partial charge >= 0.3 is 0 Å². The summed E-state index contributed by atoms with van der Waals surface area (Å²) in [4.78, 5) is 0. The molecule has 1 nitrogen and oxygen atoms in total. The van der Waals surface area contributed by atoms with Crippen molar-refractivity contribution >= 4 is 27.3 Å². The Morgan fingerprint density at radius 1 is 1.32 bits per heavy atom. The molecule has 0 bridgehead atoms. The molecule has 2 unspecified atom stereocenters. The third-order valence-corrected chi connectivity index (χ3v) is 4.44. The van der Waals surface area contributed by atoms with Crippen LogP contribution in [0.25, 0.3) is 0 Å². The van der Waals surface area contributed by atoms with E-state index in [1.807, 2.05) is 12.1 Å². The molecule has 0 saturated carbocycles. The summed E-state index contributed by atoms with van der Waals surface area (Å²) >= 11 is 4.95. The molecule has 0 spiro atoms. The van der Waals surface area contributed by atoms with Gasteiger partial charge in [0.25, 0.3) is 0 Å². The predicted molar refractivity (Wildman–Crippen MR) is 83.1 cm³/mol. The number of rotatable bonds is 5. The second-order valence-corrected chi connectivity index (χ2v) is 6.43. The van der Waals surface area contributed by atoms with Crippen LogP contribution in [0, 0.1) is 5.82 Å². The van der Waals surface area contributed by atoms with Gasteiger partial charge in [-0.05, 0) is 76.3 Å². The first kappa shape index (κ1) is 14.7. The highest BCUT2D eigenvalue weighted by atomic mass is 79.9. The summed E-state index contributed by atoms with van der Waals surface area (Å²) in [5.41, 5.74) is 2.45. The van der Waals surface area contributed by atoms with E-state index in [0.717, 1.165) is 12.0 Å². The Hall–Kier alpha value is -0.710. The van der Waals surface area contributed by atoms with E-state index in [-0.39, 0.29) is 11.9 Å². The summed E-state index contributed by atoms with van der Waals surface area (Å²) in [6.45, 7) is 4.27. The van der Waals surface area contributed by atoms with Crippen molar-refractivity contribution in [3.63, 3.8) is 0 Å². The van der Waals surface area contributed by atoms with Gasteiger partial charge < -0.3 is 5.32 Å². The van der Waals surface area contributed by atoms with Gasteiger partial charge in [-0.3, -0.25) is 0 Å². The van der Waals surface area contributed by atoms with E-state index >= 15 is 0 Å². The molecule has 0 radical (unpaired) electrons. The normalized spacial score (nSPS) is 14.3. The van der Waals surface area contributed by atoms with Gasteiger partial charge in [0.1, 0.15) is 5.82 Å². The van der Waals surface area contributed by atoms with E-state index in [2.05, 4.69) is 51.9 Å².